The van der Waals surface area contributed by atoms with Crippen LogP contribution >= 0.6 is 0 Å². The highest BCUT2D eigenvalue weighted by molar-refractivity contribution is 5.34. The number of aliphatic hydroxyl groups excluding tert-OH is 1. The van der Waals surface area contributed by atoms with E-state index in [1.807, 2.05) is 6.07 Å². The summed E-state index contributed by atoms with van der Waals surface area (Å²) in [6, 6.07) is 7.03. The molecule has 62 valence electrons. The lowest BCUT2D eigenvalue weighted by Gasteiger charge is -1.97. The Hall–Kier alpha value is -1.46. The van der Waals surface area contributed by atoms with Crippen molar-refractivity contribution in [2.45, 2.75) is 6.42 Å². The molecule has 0 aromatic heterocycles. The number of para-hydroxylation sites is 1. The van der Waals surface area contributed by atoms with Crippen molar-refractivity contribution in [3.05, 3.63) is 29.8 Å². The molecule has 12 heavy (non-hydrogen) atoms. The van der Waals surface area contributed by atoms with Crippen molar-refractivity contribution in [1.29, 1.82) is 0 Å². The molecule has 0 radical (unpaired) electrons. The molecule has 0 spiro atoms. The van der Waals surface area contributed by atoms with Crippen LogP contribution in [0.3, 0.4) is 0 Å². The minimum absolute atomic E-state index is 0.131. The van der Waals surface area contributed by atoms with Gasteiger partial charge >= 0.3 is 0 Å². The predicted molar refractivity (Wildman–Crippen MR) is 46.7 cm³/mol. The first-order valence-corrected chi connectivity index (χ1v) is 3.68. The average molecular weight is 162 g/mol. The first-order valence-electron chi connectivity index (χ1n) is 3.68. The van der Waals surface area contributed by atoms with Crippen molar-refractivity contribution in [3.63, 3.8) is 0 Å². The second-order valence-electron chi connectivity index (χ2n) is 2.32. The highest BCUT2D eigenvalue weighted by Crippen LogP contribution is 2.15. The van der Waals surface area contributed by atoms with E-state index in [-0.39, 0.29) is 12.4 Å². The Bertz CT molecular complexity index is 307. The molecule has 0 saturated carbocycles. The van der Waals surface area contributed by atoms with Gasteiger partial charge in [-0.3, -0.25) is 0 Å². The van der Waals surface area contributed by atoms with Crippen LogP contribution in [-0.2, 0) is 6.42 Å². The first kappa shape index (κ1) is 8.63. The van der Waals surface area contributed by atoms with E-state index in [9.17, 15) is 5.11 Å². The van der Waals surface area contributed by atoms with Crippen molar-refractivity contribution in [3.8, 4) is 17.6 Å². The second kappa shape index (κ2) is 4.42. The smallest absolute Gasteiger partial charge is 0.119 e. The van der Waals surface area contributed by atoms with E-state index in [1.54, 1.807) is 18.2 Å². The van der Waals surface area contributed by atoms with Crippen LogP contribution in [0.2, 0.25) is 0 Å². The van der Waals surface area contributed by atoms with Gasteiger partial charge in [-0.25, -0.2) is 0 Å². The number of hydrogen-bond donors (Lipinski definition) is 2. The molecule has 0 aliphatic rings. The molecular formula is C10H10O2. The van der Waals surface area contributed by atoms with Crippen LogP contribution in [0.5, 0.6) is 5.75 Å². The van der Waals surface area contributed by atoms with Gasteiger partial charge in [0.15, 0.2) is 0 Å². The van der Waals surface area contributed by atoms with Crippen molar-refractivity contribution >= 4 is 0 Å². The van der Waals surface area contributed by atoms with Crippen molar-refractivity contribution in [2.75, 3.05) is 6.61 Å². The third kappa shape index (κ3) is 2.30. The summed E-state index contributed by atoms with van der Waals surface area (Å²) >= 11 is 0. The van der Waals surface area contributed by atoms with Gasteiger partial charge in [0.05, 0.1) is 0 Å². The van der Waals surface area contributed by atoms with E-state index in [0.29, 0.717) is 6.42 Å². The molecule has 0 bridgehead atoms. The number of aliphatic hydroxyl groups is 1. The minimum Gasteiger partial charge on any atom is -0.508 e. The lowest BCUT2D eigenvalue weighted by molar-refractivity contribution is 0.350. The molecule has 1 aromatic rings. The summed E-state index contributed by atoms with van der Waals surface area (Å²) in [5, 5.41) is 17.7. The molecule has 0 amide bonds. The Labute approximate surface area is 71.5 Å². The number of benzene rings is 1. The summed E-state index contributed by atoms with van der Waals surface area (Å²) in [7, 11) is 0. The van der Waals surface area contributed by atoms with Gasteiger partial charge in [0.25, 0.3) is 0 Å². The van der Waals surface area contributed by atoms with Gasteiger partial charge in [0, 0.05) is 12.0 Å². The van der Waals surface area contributed by atoms with Crippen LogP contribution in [0.25, 0.3) is 0 Å². The summed E-state index contributed by atoms with van der Waals surface area (Å²) in [5.74, 6) is 5.50. The topological polar surface area (TPSA) is 40.5 Å². The number of rotatable bonds is 1. The average Bonchev–Trinajstić information content (AvgIpc) is 2.09. The molecule has 0 heterocycles. The Morgan fingerprint density at radius 2 is 1.92 bits per heavy atom. The van der Waals surface area contributed by atoms with Gasteiger partial charge in [-0.2, -0.15) is 0 Å². The van der Waals surface area contributed by atoms with Gasteiger partial charge in [0.2, 0.25) is 0 Å². The lowest BCUT2D eigenvalue weighted by atomic mass is 10.1. The normalized spacial score (nSPS) is 8.75. The van der Waals surface area contributed by atoms with E-state index >= 15 is 0 Å². The summed E-state index contributed by atoms with van der Waals surface area (Å²) in [4.78, 5) is 0. The van der Waals surface area contributed by atoms with Crippen LogP contribution in [0.4, 0.5) is 0 Å². The first-order chi connectivity index (χ1) is 5.84. The van der Waals surface area contributed by atoms with E-state index in [2.05, 4.69) is 11.8 Å². The Morgan fingerprint density at radius 1 is 1.17 bits per heavy atom. The highest BCUT2D eigenvalue weighted by atomic mass is 16.3. The second-order valence-corrected chi connectivity index (χ2v) is 2.32. The van der Waals surface area contributed by atoms with E-state index in [4.69, 9.17) is 5.11 Å². The SMILES string of the molecule is OCC#CCc1ccccc1O. The Balaban J connectivity index is 2.69. The quantitative estimate of drug-likeness (QED) is 0.603. The summed E-state index contributed by atoms with van der Waals surface area (Å²) in [6.07, 6.45) is 0.479. The molecule has 0 saturated heterocycles. The number of hydrogen-bond acceptors (Lipinski definition) is 2. The predicted octanol–water partition coefficient (Wildman–Crippen LogP) is 0.930. The van der Waals surface area contributed by atoms with Crippen molar-refractivity contribution in [2.24, 2.45) is 0 Å². The molecule has 2 N–H and O–H groups in total. The molecule has 2 heteroatoms. The Morgan fingerprint density at radius 3 is 2.58 bits per heavy atom. The van der Waals surface area contributed by atoms with Gasteiger partial charge in [-0.15, -0.1) is 0 Å². The number of phenols is 1. The fourth-order valence-corrected chi connectivity index (χ4v) is 0.874. The highest BCUT2D eigenvalue weighted by Gasteiger charge is 1.94. The zero-order valence-electron chi connectivity index (χ0n) is 6.62. The zero-order chi connectivity index (χ0) is 8.81. The van der Waals surface area contributed by atoms with Gasteiger partial charge in [0.1, 0.15) is 12.4 Å². The lowest BCUT2D eigenvalue weighted by Crippen LogP contribution is -1.82. The Kier molecular flexibility index (Phi) is 3.18. The van der Waals surface area contributed by atoms with Crippen LogP contribution in [0.1, 0.15) is 5.56 Å². The van der Waals surface area contributed by atoms with E-state index < -0.39 is 0 Å². The van der Waals surface area contributed by atoms with Crippen molar-refractivity contribution in [1.82, 2.24) is 0 Å². The molecule has 2 nitrogen and oxygen atoms in total. The summed E-state index contributed by atoms with van der Waals surface area (Å²) < 4.78 is 0. The maximum Gasteiger partial charge on any atom is 0.119 e. The van der Waals surface area contributed by atoms with Crippen LogP contribution < -0.4 is 0 Å². The molecule has 1 rings (SSSR count). The minimum atomic E-state index is -0.131. The standard InChI is InChI=1S/C10H10O2/c11-8-4-3-6-9-5-1-2-7-10(9)12/h1-2,5,7,11-12H,6,8H2. The molecule has 1 aromatic carbocycles. The largest absolute Gasteiger partial charge is 0.508 e. The molecular weight excluding hydrogens is 152 g/mol. The fraction of sp³-hybridized carbons (Fsp3) is 0.200. The molecule has 0 atom stereocenters. The van der Waals surface area contributed by atoms with E-state index in [1.165, 1.54) is 0 Å². The summed E-state index contributed by atoms with van der Waals surface area (Å²) in [5.41, 5.74) is 0.790. The third-order valence-electron chi connectivity index (χ3n) is 1.47. The number of phenolic OH excluding ortho intramolecular Hbond substituents is 1. The molecule has 0 fully saturated rings. The third-order valence-corrected chi connectivity index (χ3v) is 1.47. The van der Waals surface area contributed by atoms with E-state index in [0.717, 1.165) is 5.56 Å². The van der Waals surface area contributed by atoms with Gasteiger partial charge < -0.3 is 10.2 Å². The fourth-order valence-electron chi connectivity index (χ4n) is 0.874. The maximum atomic E-state index is 9.28. The molecule has 0 aliphatic carbocycles. The molecule has 0 unspecified atom stereocenters. The van der Waals surface area contributed by atoms with Gasteiger partial charge in [-0.1, -0.05) is 30.0 Å². The van der Waals surface area contributed by atoms with Crippen molar-refractivity contribution < 1.29 is 10.2 Å². The van der Waals surface area contributed by atoms with Gasteiger partial charge in [-0.05, 0) is 6.07 Å². The number of aromatic hydroxyl groups is 1. The van der Waals surface area contributed by atoms with Crippen LogP contribution in [-0.4, -0.2) is 16.8 Å². The van der Waals surface area contributed by atoms with Crippen LogP contribution in [0.15, 0.2) is 24.3 Å². The maximum absolute atomic E-state index is 9.28. The zero-order valence-corrected chi connectivity index (χ0v) is 6.62. The van der Waals surface area contributed by atoms with Crippen LogP contribution in [0, 0.1) is 11.8 Å². The monoisotopic (exact) mass is 162 g/mol. The summed E-state index contributed by atoms with van der Waals surface area (Å²) in [6.45, 7) is -0.131. The molecule has 0 aliphatic heterocycles.